The van der Waals surface area contributed by atoms with Crippen molar-refractivity contribution in [1.29, 1.82) is 0 Å². The number of amides is 2. The van der Waals surface area contributed by atoms with Gasteiger partial charge in [0.15, 0.2) is 11.7 Å². The number of aryl methyl sites for hydroxylation is 2. The molecule has 0 saturated heterocycles. The van der Waals surface area contributed by atoms with Crippen molar-refractivity contribution in [3.8, 4) is 0 Å². The van der Waals surface area contributed by atoms with E-state index in [1.165, 1.54) is 11.2 Å². The summed E-state index contributed by atoms with van der Waals surface area (Å²) < 4.78 is 9.36. The van der Waals surface area contributed by atoms with Crippen molar-refractivity contribution in [1.82, 2.24) is 14.9 Å². The summed E-state index contributed by atoms with van der Waals surface area (Å²) in [4.78, 5) is 28.1. The summed E-state index contributed by atoms with van der Waals surface area (Å²) in [5.41, 5.74) is 2.36. The summed E-state index contributed by atoms with van der Waals surface area (Å²) in [6, 6.07) is 8.01. The Hall–Kier alpha value is -3.00. The van der Waals surface area contributed by atoms with Crippen molar-refractivity contribution in [2.45, 2.75) is 46.2 Å². The fourth-order valence-corrected chi connectivity index (χ4v) is 3.33. The van der Waals surface area contributed by atoms with Crippen LogP contribution >= 0.6 is 11.5 Å². The van der Waals surface area contributed by atoms with Crippen LogP contribution in [0, 0.1) is 13.8 Å². The van der Waals surface area contributed by atoms with Crippen molar-refractivity contribution >= 4 is 29.0 Å². The van der Waals surface area contributed by atoms with Crippen LogP contribution in [0.4, 0.5) is 5.69 Å². The molecule has 0 unspecified atom stereocenters. The van der Waals surface area contributed by atoms with E-state index in [0.29, 0.717) is 11.4 Å². The van der Waals surface area contributed by atoms with Crippen molar-refractivity contribution in [2.75, 3.05) is 4.90 Å². The molecule has 8 heteroatoms. The number of nitrogens with zero attached hydrogens (tertiary/aromatic N) is 3. The first-order valence-electron chi connectivity index (χ1n) is 9.20. The number of furan rings is 1. The van der Waals surface area contributed by atoms with Crippen LogP contribution in [0.25, 0.3) is 0 Å². The van der Waals surface area contributed by atoms with E-state index in [1.807, 2.05) is 52.8 Å². The molecular formula is C21H24N4O3S. The molecule has 7 nitrogen and oxygen atoms in total. The molecule has 0 radical (unpaired) electrons. The molecule has 0 aliphatic rings. The Bertz CT molecular complexity index is 992. The van der Waals surface area contributed by atoms with Crippen molar-refractivity contribution in [3.63, 3.8) is 0 Å². The van der Waals surface area contributed by atoms with Crippen molar-refractivity contribution in [2.24, 2.45) is 0 Å². The highest BCUT2D eigenvalue weighted by Gasteiger charge is 2.37. The fourth-order valence-electron chi connectivity index (χ4n) is 2.90. The second kappa shape index (κ2) is 8.16. The second-order valence-electron chi connectivity index (χ2n) is 7.89. The highest BCUT2D eigenvalue weighted by Crippen LogP contribution is 2.31. The van der Waals surface area contributed by atoms with Gasteiger partial charge in [-0.1, -0.05) is 10.6 Å². The lowest BCUT2D eigenvalue weighted by Crippen LogP contribution is -2.49. The standard InChI is InChI=1S/C21H24N4O3S/c1-13-8-9-15(11-14(13)2)25(20(27)16-12-29-24-23-16)18(17-7-6-10-28-17)19(26)22-21(3,4)5/h6-12,18H,1-5H3,(H,22,26)/t18-/m0/s1. The quantitative estimate of drug-likeness (QED) is 0.683. The highest BCUT2D eigenvalue weighted by atomic mass is 32.1. The molecule has 1 atom stereocenters. The maximum Gasteiger partial charge on any atom is 0.280 e. The van der Waals surface area contributed by atoms with Gasteiger partial charge in [0.05, 0.1) is 6.26 Å². The molecule has 0 saturated carbocycles. The molecule has 3 aromatic rings. The van der Waals surface area contributed by atoms with Crippen LogP contribution < -0.4 is 10.2 Å². The second-order valence-corrected chi connectivity index (χ2v) is 8.50. The van der Waals surface area contributed by atoms with E-state index < -0.39 is 17.5 Å². The average molecular weight is 413 g/mol. The Morgan fingerprint density at radius 2 is 1.93 bits per heavy atom. The third kappa shape index (κ3) is 4.71. The Morgan fingerprint density at radius 1 is 1.17 bits per heavy atom. The van der Waals surface area contributed by atoms with E-state index in [9.17, 15) is 9.59 Å². The maximum absolute atomic E-state index is 13.4. The Kier molecular flexibility index (Phi) is 5.83. The van der Waals surface area contributed by atoms with Crippen LogP contribution in [0.3, 0.4) is 0 Å². The van der Waals surface area contributed by atoms with Gasteiger partial charge < -0.3 is 9.73 Å². The zero-order valence-electron chi connectivity index (χ0n) is 17.1. The summed E-state index contributed by atoms with van der Waals surface area (Å²) in [6.45, 7) is 9.61. The van der Waals surface area contributed by atoms with E-state index in [2.05, 4.69) is 14.9 Å². The Labute approximate surface area is 173 Å². The van der Waals surface area contributed by atoms with Crippen LogP contribution in [-0.2, 0) is 4.79 Å². The largest absolute Gasteiger partial charge is 0.467 e. The third-order valence-corrected chi connectivity index (χ3v) is 4.89. The first kappa shape index (κ1) is 20.7. The van der Waals surface area contributed by atoms with E-state index >= 15 is 0 Å². The van der Waals surface area contributed by atoms with Gasteiger partial charge in [0.1, 0.15) is 5.76 Å². The van der Waals surface area contributed by atoms with Crippen LogP contribution in [-0.4, -0.2) is 26.9 Å². The number of anilines is 1. The number of rotatable bonds is 5. The molecule has 0 aliphatic heterocycles. The zero-order chi connectivity index (χ0) is 21.2. The van der Waals surface area contributed by atoms with Gasteiger partial charge in [0, 0.05) is 16.6 Å². The molecule has 29 heavy (non-hydrogen) atoms. The third-order valence-electron chi connectivity index (χ3n) is 4.38. The molecular weight excluding hydrogens is 388 g/mol. The molecule has 0 spiro atoms. The smallest absolute Gasteiger partial charge is 0.280 e. The SMILES string of the molecule is Cc1ccc(N(C(=O)c2csnn2)[C@H](C(=O)NC(C)(C)C)c2ccco2)cc1C. The number of hydrogen-bond donors (Lipinski definition) is 1. The van der Waals surface area contributed by atoms with Crippen LogP contribution in [0.15, 0.2) is 46.4 Å². The summed E-state index contributed by atoms with van der Waals surface area (Å²) in [5, 5.41) is 8.44. The van der Waals surface area contributed by atoms with Crippen molar-refractivity contribution in [3.05, 3.63) is 64.6 Å². The van der Waals surface area contributed by atoms with Crippen LogP contribution in [0.1, 0.15) is 54.2 Å². The van der Waals surface area contributed by atoms with E-state index in [-0.39, 0.29) is 11.6 Å². The number of carbonyl (C=O) groups is 2. The molecule has 2 heterocycles. The molecule has 0 fully saturated rings. The predicted molar refractivity (Wildman–Crippen MR) is 112 cm³/mol. The monoisotopic (exact) mass is 412 g/mol. The fraction of sp³-hybridized carbons (Fsp3) is 0.333. The molecule has 2 aromatic heterocycles. The van der Waals surface area contributed by atoms with E-state index in [0.717, 1.165) is 22.7 Å². The number of benzene rings is 1. The molecule has 152 valence electrons. The number of nitrogens with one attached hydrogen (secondary N) is 1. The molecule has 0 aliphatic carbocycles. The lowest BCUT2D eigenvalue weighted by atomic mass is 10.0. The minimum Gasteiger partial charge on any atom is -0.467 e. The van der Waals surface area contributed by atoms with Crippen molar-refractivity contribution < 1.29 is 14.0 Å². The van der Waals surface area contributed by atoms with Gasteiger partial charge in [-0.2, -0.15) is 0 Å². The van der Waals surface area contributed by atoms with Gasteiger partial charge in [-0.05, 0) is 81.5 Å². The first-order chi connectivity index (χ1) is 13.7. The lowest BCUT2D eigenvalue weighted by molar-refractivity contribution is -0.124. The zero-order valence-corrected chi connectivity index (χ0v) is 17.9. The van der Waals surface area contributed by atoms with E-state index in [4.69, 9.17) is 4.42 Å². The minimum absolute atomic E-state index is 0.174. The molecule has 2 amide bonds. The predicted octanol–water partition coefficient (Wildman–Crippen LogP) is 4.05. The summed E-state index contributed by atoms with van der Waals surface area (Å²) in [6.07, 6.45) is 1.49. The van der Waals surface area contributed by atoms with Gasteiger partial charge in [0.2, 0.25) is 0 Å². The Morgan fingerprint density at radius 3 is 2.48 bits per heavy atom. The summed E-state index contributed by atoms with van der Waals surface area (Å²) in [7, 11) is 0. The summed E-state index contributed by atoms with van der Waals surface area (Å²) in [5.74, 6) is -0.406. The molecule has 1 aromatic carbocycles. The molecule has 1 N–H and O–H groups in total. The average Bonchev–Trinajstić information content (AvgIpc) is 3.33. The van der Waals surface area contributed by atoms with Gasteiger partial charge in [-0.15, -0.1) is 5.10 Å². The first-order valence-corrected chi connectivity index (χ1v) is 10.0. The topological polar surface area (TPSA) is 88.3 Å². The number of carbonyl (C=O) groups excluding carboxylic acids is 2. The minimum atomic E-state index is -1.000. The lowest BCUT2D eigenvalue weighted by Gasteiger charge is -2.32. The maximum atomic E-state index is 13.4. The summed E-state index contributed by atoms with van der Waals surface area (Å²) >= 11 is 1.08. The number of aromatic nitrogens is 2. The van der Waals surface area contributed by atoms with Gasteiger partial charge >= 0.3 is 0 Å². The van der Waals surface area contributed by atoms with Crippen LogP contribution in [0.5, 0.6) is 0 Å². The normalized spacial score (nSPS) is 12.4. The van der Waals surface area contributed by atoms with E-state index in [1.54, 1.807) is 17.5 Å². The highest BCUT2D eigenvalue weighted by molar-refractivity contribution is 7.03. The van der Waals surface area contributed by atoms with Gasteiger partial charge in [0.25, 0.3) is 11.8 Å². The van der Waals surface area contributed by atoms with Gasteiger partial charge in [-0.3, -0.25) is 14.5 Å². The molecule has 0 bridgehead atoms. The molecule has 3 rings (SSSR count). The van der Waals surface area contributed by atoms with Crippen LogP contribution in [0.2, 0.25) is 0 Å². The van der Waals surface area contributed by atoms with Gasteiger partial charge in [-0.25, -0.2) is 0 Å². The number of hydrogen-bond acceptors (Lipinski definition) is 6. The Balaban J connectivity index is 2.15.